The van der Waals surface area contributed by atoms with Gasteiger partial charge in [-0.05, 0) is 33.1 Å². The van der Waals surface area contributed by atoms with Crippen LogP contribution in [0.2, 0.25) is 0 Å². The van der Waals surface area contributed by atoms with Gasteiger partial charge in [-0.2, -0.15) is 5.01 Å². The summed E-state index contributed by atoms with van der Waals surface area (Å²) in [5.74, 6) is 0. The summed E-state index contributed by atoms with van der Waals surface area (Å²) in [5.41, 5.74) is 0. The molecule has 21 heavy (non-hydrogen) atoms. The SMILES string of the molecule is CCOC(=O)N(N=O)[C@H](COC)[C@@H](C)OC1CCCCO1. The molecule has 3 atom stereocenters. The number of amides is 1. The number of hydrogen-bond donors (Lipinski definition) is 0. The van der Waals surface area contributed by atoms with Crippen molar-refractivity contribution in [2.75, 3.05) is 26.9 Å². The van der Waals surface area contributed by atoms with Gasteiger partial charge in [-0.15, -0.1) is 4.91 Å². The second kappa shape index (κ2) is 9.64. The first-order valence-corrected chi connectivity index (χ1v) is 7.19. The van der Waals surface area contributed by atoms with Gasteiger partial charge < -0.3 is 18.9 Å². The highest BCUT2D eigenvalue weighted by Gasteiger charge is 2.33. The Morgan fingerprint density at radius 3 is 2.76 bits per heavy atom. The summed E-state index contributed by atoms with van der Waals surface area (Å²) >= 11 is 0. The van der Waals surface area contributed by atoms with Crippen molar-refractivity contribution >= 4 is 6.09 Å². The molecule has 1 aliphatic heterocycles. The van der Waals surface area contributed by atoms with E-state index in [2.05, 4.69) is 5.29 Å². The molecule has 0 spiro atoms. The summed E-state index contributed by atoms with van der Waals surface area (Å²) in [5, 5.41) is 3.47. The molecule has 1 saturated heterocycles. The Morgan fingerprint density at radius 1 is 1.48 bits per heavy atom. The molecular weight excluding hydrogens is 280 g/mol. The van der Waals surface area contributed by atoms with E-state index in [9.17, 15) is 9.70 Å². The maximum Gasteiger partial charge on any atom is 0.433 e. The molecule has 1 fully saturated rings. The van der Waals surface area contributed by atoms with Crippen molar-refractivity contribution in [3.8, 4) is 0 Å². The third kappa shape index (κ3) is 5.56. The second-order valence-corrected chi connectivity index (χ2v) is 4.79. The molecule has 1 heterocycles. The fraction of sp³-hybridized carbons (Fsp3) is 0.923. The van der Waals surface area contributed by atoms with E-state index < -0.39 is 18.2 Å². The van der Waals surface area contributed by atoms with Crippen LogP contribution >= 0.6 is 0 Å². The van der Waals surface area contributed by atoms with Crippen LogP contribution in [-0.4, -0.2) is 56.5 Å². The van der Waals surface area contributed by atoms with Gasteiger partial charge >= 0.3 is 6.09 Å². The quantitative estimate of drug-likeness (QED) is 0.504. The summed E-state index contributed by atoms with van der Waals surface area (Å²) in [6.45, 7) is 4.32. The first kappa shape index (κ1) is 17.8. The minimum atomic E-state index is -0.811. The molecule has 8 nitrogen and oxygen atoms in total. The van der Waals surface area contributed by atoms with Gasteiger partial charge in [-0.1, -0.05) is 0 Å². The van der Waals surface area contributed by atoms with Crippen molar-refractivity contribution in [2.45, 2.75) is 51.5 Å². The van der Waals surface area contributed by atoms with E-state index in [0.29, 0.717) is 6.61 Å². The maximum atomic E-state index is 11.8. The van der Waals surface area contributed by atoms with Gasteiger partial charge in [0.2, 0.25) is 0 Å². The van der Waals surface area contributed by atoms with E-state index in [-0.39, 0.29) is 19.5 Å². The highest BCUT2D eigenvalue weighted by Crippen LogP contribution is 2.19. The van der Waals surface area contributed by atoms with Gasteiger partial charge in [-0.25, -0.2) is 4.79 Å². The van der Waals surface area contributed by atoms with Crippen molar-refractivity contribution in [1.29, 1.82) is 0 Å². The van der Waals surface area contributed by atoms with Gasteiger partial charge in [0.05, 0.1) is 24.6 Å². The minimum absolute atomic E-state index is 0.110. The molecule has 0 bridgehead atoms. The average molecular weight is 304 g/mol. The van der Waals surface area contributed by atoms with Gasteiger partial charge in [-0.3, -0.25) is 0 Å². The molecule has 122 valence electrons. The topological polar surface area (TPSA) is 86.7 Å². The normalized spacial score (nSPS) is 21.4. The second-order valence-electron chi connectivity index (χ2n) is 4.79. The van der Waals surface area contributed by atoms with Gasteiger partial charge in [0, 0.05) is 13.7 Å². The zero-order chi connectivity index (χ0) is 15.7. The number of ether oxygens (including phenoxy) is 4. The number of carbonyl (C=O) groups is 1. The highest BCUT2D eigenvalue weighted by atomic mass is 16.7. The first-order valence-electron chi connectivity index (χ1n) is 7.19. The highest BCUT2D eigenvalue weighted by molar-refractivity contribution is 5.67. The lowest BCUT2D eigenvalue weighted by Crippen LogP contribution is -2.48. The lowest BCUT2D eigenvalue weighted by molar-refractivity contribution is -0.198. The van der Waals surface area contributed by atoms with Gasteiger partial charge in [0.15, 0.2) is 6.29 Å². The van der Waals surface area contributed by atoms with E-state index in [1.807, 2.05) is 0 Å². The zero-order valence-electron chi connectivity index (χ0n) is 12.8. The molecule has 0 saturated carbocycles. The number of hydrogen-bond acceptors (Lipinski definition) is 7. The summed E-state index contributed by atoms with van der Waals surface area (Å²) in [6.07, 6.45) is 1.21. The van der Waals surface area contributed by atoms with E-state index in [0.717, 1.165) is 24.3 Å². The fourth-order valence-electron chi connectivity index (χ4n) is 2.14. The number of rotatable bonds is 8. The molecule has 1 unspecified atom stereocenters. The molecule has 1 rings (SSSR count). The number of carbonyl (C=O) groups excluding carboxylic acids is 1. The number of nitroso groups, excluding NO2 is 1. The van der Waals surface area contributed by atoms with Gasteiger partial charge in [0.25, 0.3) is 0 Å². The van der Waals surface area contributed by atoms with E-state index in [1.165, 1.54) is 7.11 Å². The Bertz CT molecular complexity index is 322. The van der Waals surface area contributed by atoms with Crippen LogP contribution < -0.4 is 0 Å². The molecule has 8 heteroatoms. The Labute approximate surface area is 124 Å². The predicted octanol–water partition coefficient (Wildman–Crippen LogP) is 2.07. The Hall–Kier alpha value is -1.25. The number of methoxy groups -OCH3 is 1. The summed E-state index contributed by atoms with van der Waals surface area (Å²) in [4.78, 5) is 22.7. The van der Waals surface area contributed by atoms with Gasteiger partial charge in [0.1, 0.15) is 6.04 Å². The van der Waals surface area contributed by atoms with Crippen LogP contribution in [0, 0.1) is 4.91 Å². The van der Waals surface area contributed by atoms with Crippen LogP contribution in [0.25, 0.3) is 0 Å². The van der Waals surface area contributed by atoms with Crippen molar-refractivity contribution in [2.24, 2.45) is 5.29 Å². The summed E-state index contributed by atoms with van der Waals surface area (Å²) < 4.78 is 21.1. The lowest BCUT2D eigenvalue weighted by atomic mass is 10.1. The van der Waals surface area contributed by atoms with Crippen LogP contribution in [0.1, 0.15) is 33.1 Å². The van der Waals surface area contributed by atoms with Crippen LogP contribution in [0.5, 0.6) is 0 Å². The average Bonchev–Trinajstić information content (AvgIpc) is 2.48. The number of nitrogens with zero attached hydrogens (tertiary/aromatic N) is 2. The monoisotopic (exact) mass is 304 g/mol. The molecule has 0 aliphatic carbocycles. The molecule has 0 aromatic carbocycles. The van der Waals surface area contributed by atoms with E-state index >= 15 is 0 Å². The Morgan fingerprint density at radius 2 is 2.24 bits per heavy atom. The minimum Gasteiger partial charge on any atom is -0.448 e. The molecule has 0 radical (unpaired) electrons. The van der Waals surface area contributed by atoms with E-state index in [1.54, 1.807) is 13.8 Å². The fourth-order valence-corrected chi connectivity index (χ4v) is 2.14. The predicted molar refractivity (Wildman–Crippen MR) is 74.5 cm³/mol. The zero-order valence-corrected chi connectivity index (χ0v) is 12.8. The standard InChI is InChI=1S/C13H24N2O6/c1-4-19-13(16)15(14-17)11(9-18-3)10(2)21-12-7-5-6-8-20-12/h10-12H,4-9H2,1-3H3/t10-,11-,12?/m1/s1. The van der Waals surface area contributed by atoms with Crippen molar-refractivity contribution in [3.05, 3.63) is 4.91 Å². The van der Waals surface area contributed by atoms with E-state index in [4.69, 9.17) is 18.9 Å². The third-order valence-corrected chi connectivity index (χ3v) is 3.24. The van der Waals surface area contributed by atoms with Crippen LogP contribution in [0.4, 0.5) is 4.79 Å². The molecular formula is C13H24N2O6. The molecule has 0 aromatic heterocycles. The third-order valence-electron chi connectivity index (χ3n) is 3.24. The van der Waals surface area contributed by atoms with Crippen molar-refractivity contribution < 1.29 is 23.7 Å². The summed E-state index contributed by atoms with van der Waals surface area (Å²) in [6, 6.07) is -0.669. The largest absolute Gasteiger partial charge is 0.448 e. The Kier molecular flexibility index (Phi) is 8.17. The lowest BCUT2D eigenvalue weighted by Gasteiger charge is -2.32. The smallest absolute Gasteiger partial charge is 0.433 e. The van der Waals surface area contributed by atoms with Crippen LogP contribution in [0.3, 0.4) is 0 Å². The first-order chi connectivity index (χ1) is 10.1. The van der Waals surface area contributed by atoms with Crippen LogP contribution in [-0.2, 0) is 18.9 Å². The van der Waals surface area contributed by atoms with Crippen molar-refractivity contribution in [3.63, 3.8) is 0 Å². The van der Waals surface area contributed by atoms with Crippen LogP contribution in [0.15, 0.2) is 5.29 Å². The van der Waals surface area contributed by atoms with Crippen molar-refractivity contribution in [1.82, 2.24) is 5.01 Å². The molecule has 0 aromatic rings. The maximum absolute atomic E-state index is 11.8. The molecule has 1 aliphatic rings. The Balaban J connectivity index is 2.67. The molecule has 0 N–H and O–H groups in total. The summed E-state index contributed by atoms with van der Waals surface area (Å²) in [7, 11) is 1.48. The molecule has 1 amide bonds.